The monoisotopic (exact) mass is 322 g/mol. The van der Waals surface area contributed by atoms with Crippen LogP contribution in [-0.4, -0.2) is 21.9 Å². The lowest BCUT2D eigenvalue weighted by molar-refractivity contribution is -0.126. The van der Waals surface area contributed by atoms with Gasteiger partial charge in [0.25, 0.3) is 5.82 Å². The van der Waals surface area contributed by atoms with Crippen LogP contribution in [0.4, 0.5) is 5.82 Å². The molecule has 1 aromatic heterocycles. The average Bonchev–Trinajstić information content (AvgIpc) is 2.61. The standard InChI is InChI=1S/C19H22N4O/c1-6-13(2)22-18(24)19(3,4)15-9-7-14(8-10-15)16-11-21-12-17(20-5)23-16/h7-13H,6H2,1-4H3,(H,22,24)/t13-/m1/s1. The molecule has 24 heavy (non-hydrogen) atoms. The van der Waals surface area contributed by atoms with Gasteiger partial charge in [-0.15, -0.1) is 4.98 Å². The molecule has 0 aliphatic rings. The van der Waals surface area contributed by atoms with Crippen molar-refractivity contribution in [3.63, 3.8) is 0 Å². The van der Waals surface area contributed by atoms with Crippen LogP contribution < -0.4 is 5.32 Å². The van der Waals surface area contributed by atoms with Crippen molar-refractivity contribution in [1.82, 2.24) is 15.3 Å². The molecular weight excluding hydrogens is 300 g/mol. The highest BCUT2D eigenvalue weighted by atomic mass is 16.2. The Labute approximate surface area is 143 Å². The molecule has 2 aromatic rings. The molecule has 1 amide bonds. The summed E-state index contributed by atoms with van der Waals surface area (Å²) in [5.41, 5.74) is 1.83. The molecular formula is C19H22N4O. The Balaban J connectivity index is 2.25. The fourth-order valence-electron chi connectivity index (χ4n) is 2.24. The van der Waals surface area contributed by atoms with Gasteiger partial charge in [0.05, 0.1) is 17.8 Å². The van der Waals surface area contributed by atoms with E-state index in [1.165, 1.54) is 6.20 Å². The van der Waals surface area contributed by atoms with E-state index in [2.05, 4.69) is 20.1 Å². The fourth-order valence-corrected chi connectivity index (χ4v) is 2.24. The molecule has 124 valence electrons. The van der Waals surface area contributed by atoms with Crippen molar-refractivity contribution in [2.45, 2.75) is 45.6 Å². The Morgan fingerprint density at radius 2 is 1.96 bits per heavy atom. The predicted octanol–water partition coefficient (Wildman–Crippen LogP) is 3.89. The number of aromatic nitrogens is 2. The number of hydrogen-bond donors (Lipinski definition) is 1. The Morgan fingerprint density at radius 3 is 2.54 bits per heavy atom. The molecule has 0 radical (unpaired) electrons. The topological polar surface area (TPSA) is 59.2 Å². The number of nitrogens with zero attached hydrogens (tertiary/aromatic N) is 3. The second-order valence-corrected chi connectivity index (χ2v) is 6.36. The van der Waals surface area contributed by atoms with Crippen molar-refractivity contribution in [1.29, 1.82) is 0 Å². The molecule has 1 heterocycles. The maximum Gasteiger partial charge on any atom is 0.288 e. The lowest BCUT2D eigenvalue weighted by Gasteiger charge is -2.26. The van der Waals surface area contributed by atoms with Crippen LogP contribution >= 0.6 is 0 Å². The smallest absolute Gasteiger partial charge is 0.288 e. The molecule has 0 bridgehead atoms. The summed E-state index contributed by atoms with van der Waals surface area (Å²) in [6.07, 6.45) is 3.97. The summed E-state index contributed by atoms with van der Waals surface area (Å²) < 4.78 is 0. The van der Waals surface area contributed by atoms with Crippen LogP contribution in [0.3, 0.4) is 0 Å². The van der Waals surface area contributed by atoms with Crippen LogP contribution in [0.15, 0.2) is 36.7 Å². The highest BCUT2D eigenvalue weighted by Crippen LogP contribution is 2.27. The van der Waals surface area contributed by atoms with E-state index in [1.807, 2.05) is 52.0 Å². The van der Waals surface area contributed by atoms with E-state index in [1.54, 1.807) is 6.20 Å². The van der Waals surface area contributed by atoms with E-state index < -0.39 is 5.41 Å². The van der Waals surface area contributed by atoms with E-state index in [-0.39, 0.29) is 17.8 Å². The Bertz CT molecular complexity index is 760. The molecule has 1 aromatic carbocycles. The second kappa shape index (κ2) is 7.22. The Morgan fingerprint density at radius 1 is 1.29 bits per heavy atom. The van der Waals surface area contributed by atoms with Gasteiger partial charge in [0.15, 0.2) is 5.69 Å². The highest BCUT2D eigenvalue weighted by molar-refractivity contribution is 5.87. The number of carbonyl (C=O) groups excluding carboxylic acids is 1. The van der Waals surface area contributed by atoms with Gasteiger partial charge in [0, 0.05) is 11.6 Å². The van der Waals surface area contributed by atoms with Crippen LogP contribution in [0, 0.1) is 6.57 Å². The lowest BCUT2D eigenvalue weighted by Crippen LogP contribution is -2.43. The third kappa shape index (κ3) is 3.77. The molecule has 5 nitrogen and oxygen atoms in total. The third-order valence-electron chi connectivity index (χ3n) is 4.20. The zero-order valence-electron chi connectivity index (χ0n) is 14.5. The number of amides is 1. The average molecular weight is 322 g/mol. The van der Waals surface area contributed by atoms with Crippen molar-refractivity contribution >= 4 is 11.7 Å². The maximum absolute atomic E-state index is 12.5. The van der Waals surface area contributed by atoms with Gasteiger partial charge >= 0.3 is 0 Å². The van der Waals surface area contributed by atoms with Gasteiger partial charge < -0.3 is 10.2 Å². The molecule has 0 spiro atoms. The Hall–Kier alpha value is -2.74. The van der Waals surface area contributed by atoms with E-state index >= 15 is 0 Å². The number of nitrogens with one attached hydrogen (secondary N) is 1. The number of hydrogen-bond acceptors (Lipinski definition) is 3. The molecule has 0 aliphatic carbocycles. The van der Waals surface area contributed by atoms with Gasteiger partial charge in [-0.2, -0.15) is 0 Å². The largest absolute Gasteiger partial charge is 0.359 e. The predicted molar refractivity (Wildman–Crippen MR) is 94.7 cm³/mol. The van der Waals surface area contributed by atoms with E-state index in [0.717, 1.165) is 17.5 Å². The van der Waals surface area contributed by atoms with Crippen LogP contribution in [0.2, 0.25) is 0 Å². The molecule has 1 atom stereocenters. The summed E-state index contributed by atoms with van der Waals surface area (Å²) in [5.74, 6) is 0.282. The van der Waals surface area contributed by atoms with E-state index in [4.69, 9.17) is 6.57 Å². The quantitative estimate of drug-likeness (QED) is 0.850. The minimum atomic E-state index is -0.619. The molecule has 1 N–H and O–H groups in total. The zero-order chi connectivity index (χ0) is 17.7. The first-order valence-electron chi connectivity index (χ1n) is 8.00. The molecule has 0 fully saturated rings. The molecule has 0 aliphatic heterocycles. The third-order valence-corrected chi connectivity index (χ3v) is 4.20. The summed E-state index contributed by atoms with van der Waals surface area (Å²) in [6, 6.07) is 7.83. The first-order valence-corrected chi connectivity index (χ1v) is 8.00. The fraction of sp³-hybridized carbons (Fsp3) is 0.368. The van der Waals surface area contributed by atoms with Crippen LogP contribution in [-0.2, 0) is 10.2 Å². The van der Waals surface area contributed by atoms with E-state index in [0.29, 0.717) is 5.69 Å². The van der Waals surface area contributed by atoms with Crippen molar-refractivity contribution in [3.05, 3.63) is 53.6 Å². The lowest BCUT2D eigenvalue weighted by atomic mass is 9.83. The minimum Gasteiger partial charge on any atom is -0.359 e. The zero-order valence-corrected chi connectivity index (χ0v) is 14.5. The van der Waals surface area contributed by atoms with Gasteiger partial charge in [-0.3, -0.25) is 9.78 Å². The van der Waals surface area contributed by atoms with Gasteiger partial charge in [0.2, 0.25) is 5.91 Å². The van der Waals surface area contributed by atoms with Gasteiger partial charge in [-0.1, -0.05) is 37.8 Å². The SMILES string of the molecule is [C-]#[N+]c1cncc(-c2ccc(C(C)(C)C(=O)N[C@H](C)CC)cc2)n1. The van der Waals surface area contributed by atoms with Gasteiger partial charge in [0.1, 0.15) is 0 Å². The number of rotatable bonds is 5. The van der Waals surface area contributed by atoms with Crippen molar-refractivity contribution < 1.29 is 4.79 Å². The van der Waals surface area contributed by atoms with Gasteiger partial charge in [-0.25, -0.2) is 0 Å². The Kier molecular flexibility index (Phi) is 5.30. The molecule has 0 saturated heterocycles. The summed E-state index contributed by atoms with van der Waals surface area (Å²) in [6.45, 7) is 14.9. The van der Waals surface area contributed by atoms with Gasteiger partial charge in [-0.05, 0) is 32.8 Å². The summed E-state index contributed by atoms with van der Waals surface area (Å²) in [4.78, 5) is 24.1. The highest BCUT2D eigenvalue weighted by Gasteiger charge is 2.30. The summed E-state index contributed by atoms with van der Waals surface area (Å²) >= 11 is 0. The van der Waals surface area contributed by atoms with Crippen molar-refractivity contribution in [2.75, 3.05) is 0 Å². The first-order chi connectivity index (χ1) is 11.4. The number of benzene rings is 1. The van der Waals surface area contributed by atoms with E-state index in [9.17, 15) is 4.79 Å². The van der Waals surface area contributed by atoms with Crippen LogP contribution in [0.1, 0.15) is 39.7 Å². The summed E-state index contributed by atoms with van der Waals surface area (Å²) in [7, 11) is 0. The second-order valence-electron chi connectivity index (χ2n) is 6.36. The molecule has 0 unspecified atom stereocenters. The van der Waals surface area contributed by atoms with Crippen LogP contribution in [0.5, 0.6) is 0 Å². The summed E-state index contributed by atoms with van der Waals surface area (Å²) in [5, 5.41) is 3.04. The van der Waals surface area contributed by atoms with Crippen molar-refractivity contribution in [2.24, 2.45) is 0 Å². The normalized spacial score (nSPS) is 12.3. The molecule has 5 heteroatoms. The maximum atomic E-state index is 12.5. The molecule has 2 rings (SSSR count). The first kappa shape index (κ1) is 17.6. The minimum absolute atomic E-state index is 0.0133. The molecule has 0 saturated carbocycles. The van der Waals surface area contributed by atoms with Crippen molar-refractivity contribution in [3.8, 4) is 11.3 Å². The van der Waals surface area contributed by atoms with Crippen LogP contribution in [0.25, 0.3) is 16.1 Å². The number of carbonyl (C=O) groups is 1.